The summed E-state index contributed by atoms with van der Waals surface area (Å²) in [5, 5.41) is 3.33. The van der Waals surface area contributed by atoms with E-state index in [1.807, 2.05) is 23.1 Å². The fraction of sp³-hybridized carbons (Fsp3) is 0.444. The molecule has 0 aliphatic carbocycles. The number of ether oxygens (including phenoxy) is 2. The zero-order valence-electron chi connectivity index (χ0n) is 15.2. The first-order valence-electron chi connectivity index (χ1n) is 8.39. The molecule has 2 aromatic rings. The largest absolute Gasteiger partial charge is 0.393 e. The number of hydrogen-bond acceptors (Lipinski definition) is 7. The average molecular weight is 345 g/mol. The summed E-state index contributed by atoms with van der Waals surface area (Å²) in [6, 6.07) is 8.12. The number of rotatable bonds is 10. The predicted octanol–water partition coefficient (Wildman–Crippen LogP) is 2.46. The summed E-state index contributed by atoms with van der Waals surface area (Å²) in [6.45, 7) is 4.62. The number of hydrogen-bond donors (Lipinski definition) is 2. The Kier molecular flexibility index (Phi) is 7.43. The molecule has 0 atom stereocenters. The van der Waals surface area contributed by atoms with Crippen LogP contribution < -0.4 is 16.0 Å². The molecule has 0 fully saturated rings. The number of methoxy groups -OCH3 is 2. The number of aromatic nitrogens is 2. The van der Waals surface area contributed by atoms with Crippen LogP contribution in [0.1, 0.15) is 12.5 Å². The second-order valence-corrected chi connectivity index (χ2v) is 5.57. The van der Waals surface area contributed by atoms with Crippen LogP contribution in [0.4, 0.5) is 23.0 Å². The molecule has 0 aliphatic heterocycles. The SMILES string of the molecule is CCc1ccccc1Nc1ncnc(N(CCOC)CCOC)c1N. The third-order valence-electron chi connectivity index (χ3n) is 3.94. The highest BCUT2D eigenvalue weighted by atomic mass is 16.5. The average Bonchev–Trinajstić information content (AvgIpc) is 2.64. The van der Waals surface area contributed by atoms with Gasteiger partial charge in [-0.1, -0.05) is 25.1 Å². The molecule has 1 heterocycles. The van der Waals surface area contributed by atoms with Crippen molar-refractivity contribution in [3.63, 3.8) is 0 Å². The lowest BCUT2D eigenvalue weighted by Gasteiger charge is -2.25. The third-order valence-corrected chi connectivity index (χ3v) is 3.94. The number of nitrogens with zero attached hydrogens (tertiary/aromatic N) is 3. The van der Waals surface area contributed by atoms with Crippen molar-refractivity contribution < 1.29 is 9.47 Å². The topological polar surface area (TPSA) is 85.5 Å². The first kappa shape index (κ1) is 19.0. The lowest BCUT2D eigenvalue weighted by molar-refractivity contribution is 0.190. The number of anilines is 4. The van der Waals surface area contributed by atoms with Crippen molar-refractivity contribution in [2.75, 3.05) is 56.5 Å². The maximum atomic E-state index is 6.36. The van der Waals surface area contributed by atoms with E-state index in [4.69, 9.17) is 15.2 Å². The van der Waals surface area contributed by atoms with Crippen molar-refractivity contribution in [2.24, 2.45) is 0 Å². The van der Waals surface area contributed by atoms with Crippen LogP contribution in [0.2, 0.25) is 0 Å². The molecule has 1 aromatic carbocycles. The van der Waals surface area contributed by atoms with Gasteiger partial charge in [0.15, 0.2) is 11.6 Å². The van der Waals surface area contributed by atoms with Crippen molar-refractivity contribution in [3.05, 3.63) is 36.2 Å². The fourth-order valence-corrected chi connectivity index (χ4v) is 2.54. The molecule has 0 saturated heterocycles. The Balaban J connectivity index is 2.27. The van der Waals surface area contributed by atoms with Crippen molar-refractivity contribution in [1.82, 2.24) is 9.97 Å². The highest BCUT2D eigenvalue weighted by molar-refractivity contribution is 5.79. The van der Waals surface area contributed by atoms with E-state index < -0.39 is 0 Å². The van der Waals surface area contributed by atoms with Crippen molar-refractivity contribution >= 4 is 23.0 Å². The second kappa shape index (κ2) is 9.80. The van der Waals surface area contributed by atoms with Gasteiger partial charge < -0.3 is 25.4 Å². The van der Waals surface area contributed by atoms with Crippen LogP contribution >= 0.6 is 0 Å². The zero-order chi connectivity index (χ0) is 18.1. The Bertz CT molecular complexity index is 658. The normalized spacial score (nSPS) is 10.7. The molecule has 0 unspecified atom stereocenters. The number of nitrogens with one attached hydrogen (secondary N) is 1. The summed E-state index contributed by atoms with van der Waals surface area (Å²) in [6.07, 6.45) is 2.45. The van der Waals surface area contributed by atoms with Gasteiger partial charge >= 0.3 is 0 Å². The zero-order valence-corrected chi connectivity index (χ0v) is 15.2. The van der Waals surface area contributed by atoms with Crippen LogP contribution in [0, 0.1) is 0 Å². The molecule has 0 radical (unpaired) electrons. The Hall–Kier alpha value is -2.38. The smallest absolute Gasteiger partial charge is 0.159 e. The van der Waals surface area contributed by atoms with E-state index in [2.05, 4.69) is 28.3 Å². The van der Waals surface area contributed by atoms with Gasteiger partial charge in [-0.2, -0.15) is 0 Å². The molecule has 7 heteroatoms. The molecule has 7 nitrogen and oxygen atoms in total. The van der Waals surface area contributed by atoms with Crippen LogP contribution in [0.15, 0.2) is 30.6 Å². The van der Waals surface area contributed by atoms with Crippen molar-refractivity contribution in [1.29, 1.82) is 0 Å². The number of nitrogens with two attached hydrogens (primary N) is 1. The van der Waals surface area contributed by atoms with E-state index in [0.29, 0.717) is 43.6 Å². The molecule has 0 amide bonds. The summed E-state index contributed by atoms with van der Waals surface area (Å²) >= 11 is 0. The summed E-state index contributed by atoms with van der Waals surface area (Å²) in [5.41, 5.74) is 9.08. The molecule has 0 spiro atoms. The highest BCUT2D eigenvalue weighted by Crippen LogP contribution is 2.29. The van der Waals surface area contributed by atoms with Gasteiger partial charge in [0.25, 0.3) is 0 Å². The van der Waals surface area contributed by atoms with Crippen LogP contribution in [0.25, 0.3) is 0 Å². The van der Waals surface area contributed by atoms with E-state index >= 15 is 0 Å². The predicted molar refractivity (Wildman–Crippen MR) is 102 cm³/mol. The first-order valence-corrected chi connectivity index (χ1v) is 8.39. The number of benzene rings is 1. The minimum atomic E-state index is 0.514. The van der Waals surface area contributed by atoms with Gasteiger partial charge in [-0.05, 0) is 18.1 Å². The molecular weight excluding hydrogens is 318 g/mol. The van der Waals surface area contributed by atoms with Gasteiger partial charge in [-0.3, -0.25) is 0 Å². The van der Waals surface area contributed by atoms with Crippen LogP contribution in [-0.2, 0) is 15.9 Å². The van der Waals surface area contributed by atoms with E-state index in [-0.39, 0.29) is 0 Å². The monoisotopic (exact) mass is 345 g/mol. The van der Waals surface area contributed by atoms with E-state index in [1.54, 1.807) is 14.2 Å². The summed E-state index contributed by atoms with van der Waals surface area (Å²) in [4.78, 5) is 10.7. The Morgan fingerprint density at radius 2 is 1.76 bits per heavy atom. The van der Waals surface area contributed by atoms with Gasteiger partial charge in [0.1, 0.15) is 12.0 Å². The molecule has 2 rings (SSSR count). The molecule has 1 aromatic heterocycles. The molecule has 0 saturated carbocycles. The molecule has 136 valence electrons. The quantitative estimate of drug-likeness (QED) is 0.684. The maximum absolute atomic E-state index is 6.36. The Labute approximate surface area is 149 Å². The number of nitrogen functional groups attached to an aromatic ring is 1. The summed E-state index contributed by atoms with van der Waals surface area (Å²) in [5.74, 6) is 1.28. The van der Waals surface area contributed by atoms with Crippen LogP contribution in [0.3, 0.4) is 0 Å². The van der Waals surface area contributed by atoms with Gasteiger partial charge in [-0.15, -0.1) is 0 Å². The highest BCUT2D eigenvalue weighted by Gasteiger charge is 2.15. The third kappa shape index (κ3) is 5.04. The molecule has 0 aliphatic rings. The minimum Gasteiger partial charge on any atom is -0.393 e. The standard InChI is InChI=1S/C18H27N5O2/c1-4-14-7-5-6-8-15(14)22-17-16(19)18(21-13-20-17)23(9-11-24-2)10-12-25-3/h5-8,13H,4,9-12,19H2,1-3H3,(H,20,21,22). The van der Waals surface area contributed by atoms with Crippen molar-refractivity contribution in [2.45, 2.75) is 13.3 Å². The number of para-hydroxylation sites is 1. The lowest BCUT2D eigenvalue weighted by atomic mass is 10.1. The first-order chi connectivity index (χ1) is 12.2. The second-order valence-electron chi connectivity index (χ2n) is 5.57. The minimum absolute atomic E-state index is 0.514. The molecule has 0 bridgehead atoms. The van der Waals surface area contributed by atoms with Gasteiger partial charge in [0.05, 0.1) is 13.2 Å². The summed E-state index contributed by atoms with van der Waals surface area (Å²) < 4.78 is 10.4. The van der Waals surface area contributed by atoms with Crippen LogP contribution in [-0.4, -0.2) is 50.5 Å². The maximum Gasteiger partial charge on any atom is 0.159 e. The lowest BCUT2D eigenvalue weighted by Crippen LogP contribution is -2.32. The fourth-order valence-electron chi connectivity index (χ4n) is 2.54. The Morgan fingerprint density at radius 3 is 2.40 bits per heavy atom. The summed E-state index contributed by atoms with van der Waals surface area (Å²) in [7, 11) is 3.35. The van der Waals surface area contributed by atoms with Crippen LogP contribution in [0.5, 0.6) is 0 Å². The van der Waals surface area contributed by atoms with Gasteiger partial charge in [-0.25, -0.2) is 9.97 Å². The molecule has 3 N–H and O–H groups in total. The molecule has 25 heavy (non-hydrogen) atoms. The van der Waals surface area contributed by atoms with E-state index in [0.717, 1.165) is 12.1 Å². The van der Waals surface area contributed by atoms with E-state index in [9.17, 15) is 0 Å². The Morgan fingerprint density at radius 1 is 1.08 bits per heavy atom. The molecular formula is C18H27N5O2. The van der Waals surface area contributed by atoms with Gasteiger partial charge in [0.2, 0.25) is 0 Å². The van der Waals surface area contributed by atoms with Gasteiger partial charge in [0, 0.05) is 33.0 Å². The number of aryl methyl sites for hydroxylation is 1. The van der Waals surface area contributed by atoms with E-state index in [1.165, 1.54) is 11.9 Å². The van der Waals surface area contributed by atoms with Crippen molar-refractivity contribution in [3.8, 4) is 0 Å².